The average Bonchev–Trinajstić information content (AvgIpc) is 3.41. The summed E-state index contributed by atoms with van der Waals surface area (Å²) in [7, 11) is 0. The van der Waals surface area contributed by atoms with E-state index in [-0.39, 0.29) is 6.03 Å². The maximum Gasteiger partial charge on any atom is 0.341 e. The van der Waals surface area contributed by atoms with Crippen LogP contribution in [0.3, 0.4) is 0 Å². The summed E-state index contributed by atoms with van der Waals surface area (Å²) in [5.41, 5.74) is 2.25. The Morgan fingerprint density at radius 3 is 2.60 bits per heavy atom. The molecule has 10 heteroatoms. The van der Waals surface area contributed by atoms with Gasteiger partial charge in [0.2, 0.25) is 5.95 Å². The van der Waals surface area contributed by atoms with Crippen LogP contribution < -0.4 is 4.90 Å². The van der Waals surface area contributed by atoms with Gasteiger partial charge in [-0.3, -0.25) is 4.99 Å². The van der Waals surface area contributed by atoms with E-state index in [1.54, 1.807) is 23.5 Å². The van der Waals surface area contributed by atoms with Crippen LogP contribution in [-0.2, 0) is 6.54 Å². The van der Waals surface area contributed by atoms with Crippen molar-refractivity contribution in [3.63, 3.8) is 0 Å². The molecule has 154 valence electrons. The van der Waals surface area contributed by atoms with E-state index in [1.807, 2.05) is 4.90 Å². The van der Waals surface area contributed by atoms with E-state index in [9.17, 15) is 13.6 Å². The Kier molecular flexibility index (Phi) is 4.61. The molecule has 1 aromatic carbocycles. The summed E-state index contributed by atoms with van der Waals surface area (Å²) < 4.78 is 27.3. The van der Waals surface area contributed by atoms with Crippen LogP contribution in [0.2, 0.25) is 0 Å². The molecule has 3 aliphatic rings. The topological polar surface area (TPSA) is 77.3 Å². The van der Waals surface area contributed by atoms with Gasteiger partial charge >= 0.3 is 6.03 Å². The molecule has 3 aliphatic heterocycles. The number of hydrazone groups is 1. The summed E-state index contributed by atoms with van der Waals surface area (Å²) in [4.78, 5) is 29.9. The second kappa shape index (κ2) is 7.43. The van der Waals surface area contributed by atoms with Gasteiger partial charge in [0.15, 0.2) is 0 Å². The van der Waals surface area contributed by atoms with Crippen molar-refractivity contribution in [3.8, 4) is 0 Å². The molecule has 0 radical (unpaired) electrons. The van der Waals surface area contributed by atoms with Gasteiger partial charge in [-0.2, -0.15) is 5.10 Å². The highest BCUT2D eigenvalue weighted by Crippen LogP contribution is 2.30. The number of anilines is 1. The zero-order valence-electron chi connectivity index (χ0n) is 16.1. The number of piperazine rings is 1. The first-order chi connectivity index (χ1) is 14.6. The van der Waals surface area contributed by atoms with Gasteiger partial charge in [-0.05, 0) is 17.7 Å². The SMILES string of the molecule is O=C(N1CCN(c2ncc3c(n2)CN=C3)CC1)N1N=CC[C@H]1c1cc(F)cc(F)c1. The third-order valence-corrected chi connectivity index (χ3v) is 5.49. The molecule has 8 nitrogen and oxygen atoms in total. The van der Waals surface area contributed by atoms with Gasteiger partial charge in [-0.1, -0.05) is 0 Å². The lowest BCUT2D eigenvalue weighted by Crippen LogP contribution is -2.52. The minimum atomic E-state index is -0.669. The van der Waals surface area contributed by atoms with Crippen molar-refractivity contribution in [2.45, 2.75) is 19.0 Å². The number of aliphatic imine (C=N–C) groups is 1. The Bertz CT molecular complexity index is 1030. The standard InChI is InChI=1S/C20H19F2N7O/c21-15-7-13(8-16(22)9-15)18-1-2-25-29(18)20(30)28-5-3-27(4-6-28)19-24-11-14-10-23-12-17(14)26-19/h2,7-11,18H,1,3-6,12H2/t18-/m0/s1. The van der Waals surface area contributed by atoms with Crippen LogP contribution in [0.15, 0.2) is 34.5 Å². The number of carbonyl (C=O) groups is 1. The summed E-state index contributed by atoms with van der Waals surface area (Å²) in [6.45, 7) is 2.70. The summed E-state index contributed by atoms with van der Waals surface area (Å²) in [5.74, 6) is -0.700. The molecule has 0 aliphatic carbocycles. The number of urea groups is 1. The Morgan fingerprint density at radius 1 is 1.07 bits per heavy atom. The number of hydrogen-bond donors (Lipinski definition) is 0. The number of carbonyl (C=O) groups excluding carboxylic acids is 1. The second-order valence-electron chi connectivity index (χ2n) is 7.40. The normalized spacial score (nSPS) is 20.2. The van der Waals surface area contributed by atoms with Gasteiger partial charge in [0.05, 0.1) is 18.3 Å². The maximum absolute atomic E-state index is 13.6. The van der Waals surface area contributed by atoms with Crippen LogP contribution in [0.25, 0.3) is 0 Å². The summed E-state index contributed by atoms with van der Waals surface area (Å²) >= 11 is 0. The van der Waals surface area contributed by atoms with Crippen molar-refractivity contribution in [2.75, 3.05) is 31.1 Å². The van der Waals surface area contributed by atoms with Gasteiger partial charge in [0, 0.05) is 62.9 Å². The zero-order valence-corrected chi connectivity index (χ0v) is 16.1. The molecule has 1 atom stereocenters. The van der Waals surface area contributed by atoms with E-state index >= 15 is 0 Å². The van der Waals surface area contributed by atoms with Crippen LogP contribution in [0.1, 0.15) is 29.3 Å². The number of amides is 2. The fourth-order valence-corrected chi connectivity index (χ4v) is 3.92. The molecule has 0 unspecified atom stereocenters. The van der Waals surface area contributed by atoms with Gasteiger partial charge < -0.3 is 9.80 Å². The van der Waals surface area contributed by atoms with E-state index in [1.165, 1.54) is 17.1 Å². The minimum absolute atomic E-state index is 0.277. The van der Waals surface area contributed by atoms with Gasteiger partial charge in [0.1, 0.15) is 11.6 Å². The predicted molar refractivity (Wildman–Crippen MR) is 107 cm³/mol. The molecule has 4 heterocycles. The Hall–Kier alpha value is -3.43. The van der Waals surface area contributed by atoms with Crippen molar-refractivity contribution < 1.29 is 13.6 Å². The highest BCUT2D eigenvalue weighted by molar-refractivity contribution is 5.83. The van der Waals surface area contributed by atoms with Crippen molar-refractivity contribution >= 4 is 24.4 Å². The molecule has 1 aromatic heterocycles. The minimum Gasteiger partial charge on any atom is -0.337 e. The Balaban J connectivity index is 1.25. The molecular weight excluding hydrogens is 392 g/mol. The number of fused-ring (bicyclic) bond motifs is 1. The lowest BCUT2D eigenvalue weighted by Gasteiger charge is -2.37. The molecule has 0 N–H and O–H groups in total. The maximum atomic E-state index is 13.6. The highest BCUT2D eigenvalue weighted by atomic mass is 19.1. The second-order valence-corrected chi connectivity index (χ2v) is 7.40. The molecule has 0 spiro atoms. The van der Waals surface area contributed by atoms with Crippen LogP contribution >= 0.6 is 0 Å². The first-order valence-corrected chi connectivity index (χ1v) is 9.76. The molecule has 1 saturated heterocycles. The lowest BCUT2D eigenvalue weighted by atomic mass is 10.0. The van der Waals surface area contributed by atoms with Crippen molar-refractivity contribution in [1.29, 1.82) is 0 Å². The molecule has 2 amide bonds. The predicted octanol–water partition coefficient (Wildman–Crippen LogP) is 2.36. The van der Waals surface area contributed by atoms with Crippen molar-refractivity contribution in [3.05, 3.63) is 52.9 Å². The monoisotopic (exact) mass is 411 g/mol. The fourth-order valence-electron chi connectivity index (χ4n) is 3.92. The first kappa shape index (κ1) is 18.6. The van der Waals surface area contributed by atoms with Gasteiger partial charge in [-0.15, -0.1) is 0 Å². The molecule has 1 fully saturated rings. The van der Waals surface area contributed by atoms with Crippen LogP contribution in [0.4, 0.5) is 19.5 Å². The van der Waals surface area contributed by atoms with Crippen LogP contribution in [0.5, 0.6) is 0 Å². The third kappa shape index (κ3) is 3.38. The van der Waals surface area contributed by atoms with E-state index in [2.05, 4.69) is 20.1 Å². The largest absolute Gasteiger partial charge is 0.341 e. The molecule has 30 heavy (non-hydrogen) atoms. The van der Waals surface area contributed by atoms with E-state index < -0.39 is 17.7 Å². The van der Waals surface area contributed by atoms with E-state index in [0.717, 1.165) is 17.3 Å². The fraction of sp³-hybridized carbons (Fsp3) is 0.350. The zero-order chi connectivity index (χ0) is 20.7. The van der Waals surface area contributed by atoms with Crippen LogP contribution in [0, 0.1) is 11.6 Å². The number of aromatic nitrogens is 2. The summed E-state index contributed by atoms with van der Waals surface area (Å²) in [6.07, 6.45) is 5.56. The lowest BCUT2D eigenvalue weighted by molar-refractivity contribution is 0.139. The smallest absolute Gasteiger partial charge is 0.337 e. The Labute approximate surface area is 171 Å². The number of nitrogens with zero attached hydrogens (tertiary/aromatic N) is 7. The Morgan fingerprint density at radius 2 is 1.83 bits per heavy atom. The van der Waals surface area contributed by atoms with Gasteiger partial charge in [0.25, 0.3) is 0 Å². The number of benzene rings is 1. The molecule has 0 saturated carbocycles. The van der Waals surface area contributed by atoms with Crippen LogP contribution in [-0.4, -0.2) is 64.5 Å². The third-order valence-electron chi connectivity index (χ3n) is 5.49. The number of halogens is 2. The van der Waals surface area contributed by atoms with Crippen molar-refractivity contribution in [1.82, 2.24) is 19.9 Å². The summed E-state index contributed by atoms with van der Waals surface area (Å²) in [5, 5.41) is 5.48. The van der Waals surface area contributed by atoms with E-state index in [4.69, 9.17) is 0 Å². The average molecular weight is 411 g/mol. The quantitative estimate of drug-likeness (QED) is 0.760. The first-order valence-electron chi connectivity index (χ1n) is 9.76. The van der Waals surface area contributed by atoms with Crippen molar-refractivity contribution in [2.24, 2.45) is 10.1 Å². The number of hydrogen-bond acceptors (Lipinski definition) is 6. The van der Waals surface area contributed by atoms with Gasteiger partial charge in [-0.25, -0.2) is 28.6 Å². The molecule has 0 bridgehead atoms. The van der Waals surface area contributed by atoms with E-state index in [0.29, 0.717) is 50.7 Å². The molecule has 5 rings (SSSR count). The highest BCUT2D eigenvalue weighted by Gasteiger charge is 2.34. The number of rotatable bonds is 2. The summed E-state index contributed by atoms with van der Waals surface area (Å²) in [6, 6.07) is 2.52. The molecular formula is C20H19F2N7O. The molecule has 2 aromatic rings.